The van der Waals surface area contributed by atoms with Crippen LogP contribution < -0.4 is 10.1 Å². The molecule has 1 N–H and O–H groups in total. The molecule has 136 valence electrons. The van der Waals surface area contributed by atoms with Crippen LogP contribution in [-0.2, 0) is 11.3 Å². The second kappa shape index (κ2) is 7.12. The molecule has 0 unspecified atom stereocenters. The van der Waals surface area contributed by atoms with Crippen molar-refractivity contribution in [3.8, 4) is 5.75 Å². The number of nitrogens with one attached hydrogen (secondary N) is 1. The number of rotatable bonds is 4. The van der Waals surface area contributed by atoms with Gasteiger partial charge in [-0.3, -0.25) is 9.69 Å². The van der Waals surface area contributed by atoms with E-state index in [-0.39, 0.29) is 11.4 Å². The minimum Gasteiger partial charge on any atom is -0.497 e. The Balaban J connectivity index is 1.43. The summed E-state index contributed by atoms with van der Waals surface area (Å²) in [5.41, 5.74) is 2.51. The van der Waals surface area contributed by atoms with Gasteiger partial charge in [0, 0.05) is 37.5 Å². The molecule has 0 radical (unpaired) electrons. The highest BCUT2D eigenvalue weighted by atomic mass is 16.5. The Morgan fingerprint density at radius 1 is 1.08 bits per heavy atom. The first-order valence-electron chi connectivity index (χ1n) is 9.40. The Bertz CT molecular complexity index is 749. The fourth-order valence-corrected chi connectivity index (χ4v) is 4.49. The zero-order valence-electron chi connectivity index (χ0n) is 15.3. The summed E-state index contributed by atoms with van der Waals surface area (Å²) >= 11 is 0. The van der Waals surface area contributed by atoms with Gasteiger partial charge in [0.15, 0.2) is 0 Å². The number of carbonyl (C=O) groups excluding carboxylic acids is 1. The monoisotopic (exact) mass is 350 g/mol. The molecule has 0 saturated carbocycles. The fourth-order valence-electron chi connectivity index (χ4n) is 4.49. The van der Waals surface area contributed by atoms with Crippen LogP contribution in [0.15, 0.2) is 54.6 Å². The lowest BCUT2D eigenvalue weighted by molar-refractivity contribution is -0.120. The van der Waals surface area contributed by atoms with E-state index in [1.807, 2.05) is 18.2 Å². The van der Waals surface area contributed by atoms with Crippen LogP contribution in [0.25, 0.3) is 0 Å². The van der Waals surface area contributed by atoms with Gasteiger partial charge in [-0.15, -0.1) is 0 Å². The number of methoxy groups -OCH3 is 1. The molecule has 1 atom stereocenters. The average Bonchev–Trinajstić information content (AvgIpc) is 3.01. The predicted molar refractivity (Wildman–Crippen MR) is 102 cm³/mol. The maximum Gasteiger partial charge on any atom is 0.221 e. The molecule has 2 heterocycles. The van der Waals surface area contributed by atoms with Crippen molar-refractivity contribution in [3.63, 3.8) is 0 Å². The highest BCUT2D eigenvalue weighted by Crippen LogP contribution is 2.43. The molecule has 1 amide bonds. The van der Waals surface area contributed by atoms with Crippen molar-refractivity contribution in [2.24, 2.45) is 0 Å². The van der Waals surface area contributed by atoms with Crippen LogP contribution in [0.2, 0.25) is 0 Å². The molecule has 4 rings (SSSR count). The summed E-state index contributed by atoms with van der Waals surface area (Å²) in [7, 11) is 1.69. The van der Waals surface area contributed by atoms with Crippen LogP contribution in [0.4, 0.5) is 0 Å². The number of nitrogens with zero attached hydrogens (tertiary/aromatic N) is 1. The van der Waals surface area contributed by atoms with E-state index in [0.29, 0.717) is 12.3 Å². The van der Waals surface area contributed by atoms with E-state index in [4.69, 9.17) is 4.74 Å². The summed E-state index contributed by atoms with van der Waals surface area (Å²) in [5, 5.41) is 3.34. The van der Waals surface area contributed by atoms with E-state index in [9.17, 15) is 4.79 Å². The van der Waals surface area contributed by atoms with Crippen LogP contribution in [0.5, 0.6) is 5.75 Å². The molecule has 4 heteroatoms. The van der Waals surface area contributed by atoms with Crippen LogP contribution >= 0.6 is 0 Å². The molecule has 1 spiro atoms. The van der Waals surface area contributed by atoms with E-state index in [2.05, 4.69) is 46.6 Å². The molecule has 2 aliphatic heterocycles. The first kappa shape index (κ1) is 17.1. The molecule has 4 nitrogen and oxygen atoms in total. The van der Waals surface area contributed by atoms with Gasteiger partial charge in [-0.1, -0.05) is 42.5 Å². The molecule has 0 bridgehead atoms. The van der Waals surface area contributed by atoms with E-state index in [1.165, 1.54) is 11.1 Å². The highest BCUT2D eigenvalue weighted by molar-refractivity contribution is 5.81. The van der Waals surface area contributed by atoms with Crippen molar-refractivity contribution in [2.75, 3.05) is 20.2 Å². The number of amides is 1. The van der Waals surface area contributed by atoms with Crippen molar-refractivity contribution in [3.05, 3.63) is 65.7 Å². The second-order valence-electron chi connectivity index (χ2n) is 7.50. The zero-order chi connectivity index (χ0) is 18.0. The van der Waals surface area contributed by atoms with Crippen LogP contribution in [0.1, 0.15) is 36.3 Å². The topological polar surface area (TPSA) is 41.6 Å². The van der Waals surface area contributed by atoms with E-state index < -0.39 is 0 Å². The lowest BCUT2D eigenvalue weighted by atomic mass is 9.74. The number of benzene rings is 2. The smallest absolute Gasteiger partial charge is 0.221 e. The third-order valence-electron chi connectivity index (χ3n) is 5.96. The summed E-state index contributed by atoms with van der Waals surface area (Å²) in [4.78, 5) is 14.7. The third-order valence-corrected chi connectivity index (χ3v) is 5.96. The molecule has 26 heavy (non-hydrogen) atoms. The lowest BCUT2D eigenvalue weighted by Crippen LogP contribution is -2.53. The standard InChI is InChI=1S/C22H26N2O2/c1-26-19-9-7-17(8-10-19)16-24-13-11-22(12-14-24)20(15-21(25)23-22)18-5-3-2-4-6-18/h2-10,20H,11-16H2,1H3,(H,23,25)/t20-/m1/s1. The molecule has 2 aliphatic rings. The van der Waals surface area contributed by atoms with Gasteiger partial charge in [-0.05, 0) is 36.1 Å². The quantitative estimate of drug-likeness (QED) is 0.920. The zero-order valence-corrected chi connectivity index (χ0v) is 15.3. The van der Waals surface area contributed by atoms with Gasteiger partial charge in [0.05, 0.1) is 7.11 Å². The number of hydrogen-bond donors (Lipinski definition) is 1. The van der Waals surface area contributed by atoms with Gasteiger partial charge in [-0.25, -0.2) is 0 Å². The summed E-state index contributed by atoms with van der Waals surface area (Å²) < 4.78 is 5.23. The van der Waals surface area contributed by atoms with Gasteiger partial charge in [0.25, 0.3) is 0 Å². The molecule has 0 aliphatic carbocycles. The first-order chi connectivity index (χ1) is 12.7. The Morgan fingerprint density at radius 3 is 2.42 bits per heavy atom. The Hall–Kier alpha value is -2.33. The molecule has 2 fully saturated rings. The average molecular weight is 350 g/mol. The van der Waals surface area contributed by atoms with Crippen LogP contribution in [0.3, 0.4) is 0 Å². The van der Waals surface area contributed by atoms with Crippen molar-refractivity contribution in [2.45, 2.75) is 37.3 Å². The normalized spacial score (nSPS) is 22.3. The van der Waals surface area contributed by atoms with Crippen molar-refractivity contribution in [1.29, 1.82) is 0 Å². The molecule has 2 aromatic carbocycles. The molecule has 2 aromatic rings. The highest BCUT2D eigenvalue weighted by Gasteiger charge is 2.48. The number of likely N-dealkylation sites (tertiary alicyclic amines) is 1. The fraction of sp³-hybridized carbons (Fsp3) is 0.409. The molecular formula is C22H26N2O2. The Labute approximate surface area is 155 Å². The molecule has 2 saturated heterocycles. The largest absolute Gasteiger partial charge is 0.497 e. The van der Waals surface area contributed by atoms with Crippen LogP contribution in [-0.4, -0.2) is 36.5 Å². The van der Waals surface area contributed by atoms with E-state index in [0.717, 1.165) is 38.2 Å². The summed E-state index contributed by atoms with van der Waals surface area (Å²) in [6.07, 6.45) is 2.63. The molecule has 0 aromatic heterocycles. The molecular weight excluding hydrogens is 324 g/mol. The maximum absolute atomic E-state index is 12.2. The predicted octanol–water partition coefficient (Wildman–Crippen LogP) is 3.33. The van der Waals surface area contributed by atoms with Crippen molar-refractivity contribution < 1.29 is 9.53 Å². The number of carbonyl (C=O) groups is 1. The van der Waals surface area contributed by atoms with E-state index >= 15 is 0 Å². The van der Waals surface area contributed by atoms with Crippen molar-refractivity contribution in [1.82, 2.24) is 10.2 Å². The van der Waals surface area contributed by atoms with Gasteiger partial charge >= 0.3 is 0 Å². The van der Waals surface area contributed by atoms with Crippen LogP contribution in [0, 0.1) is 0 Å². The van der Waals surface area contributed by atoms with Crippen molar-refractivity contribution >= 4 is 5.91 Å². The van der Waals surface area contributed by atoms with Gasteiger partial charge in [-0.2, -0.15) is 0 Å². The van der Waals surface area contributed by atoms with E-state index in [1.54, 1.807) is 7.11 Å². The minimum absolute atomic E-state index is 0.0746. The van der Waals surface area contributed by atoms with Gasteiger partial charge in [0.2, 0.25) is 5.91 Å². The van der Waals surface area contributed by atoms with Gasteiger partial charge in [0.1, 0.15) is 5.75 Å². The SMILES string of the molecule is COc1ccc(CN2CCC3(CC2)NC(=O)C[C@@H]3c2ccccc2)cc1. The second-order valence-corrected chi connectivity index (χ2v) is 7.50. The maximum atomic E-state index is 12.2. The lowest BCUT2D eigenvalue weighted by Gasteiger charge is -2.43. The third kappa shape index (κ3) is 3.34. The first-order valence-corrected chi connectivity index (χ1v) is 9.40. The Kier molecular flexibility index (Phi) is 4.68. The summed E-state index contributed by atoms with van der Waals surface area (Å²) in [6, 6.07) is 18.8. The number of piperidine rings is 1. The van der Waals surface area contributed by atoms with Gasteiger partial charge < -0.3 is 10.1 Å². The minimum atomic E-state index is -0.0746. The Morgan fingerprint density at radius 2 is 1.77 bits per heavy atom. The summed E-state index contributed by atoms with van der Waals surface area (Å²) in [6.45, 7) is 2.97. The number of hydrogen-bond acceptors (Lipinski definition) is 3. The summed E-state index contributed by atoms with van der Waals surface area (Å²) in [5.74, 6) is 1.38. The number of ether oxygens (including phenoxy) is 1.